The molecular weight excluding hydrogens is 246 g/mol. The van der Waals surface area contributed by atoms with E-state index in [1.54, 1.807) is 0 Å². The van der Waals surface area contributed by atoms with Crippen LogP contribution in [0, 0.1) is 11.3 Å². The van der Waals surface area contributed by atoms with Gasteiger partial charge in [-0.15, -0.1) is 0 Å². The predicted molar refractivity (Wildman–Crippen MR) is 77.6 cm³/mol. The molecule has 108 valence electrons. The van der Waals surface area contributed by atoms with Gasteiger partial charge in [-0.05, 0) is 43.6 Å². The molecule has 0 radical (unpaired) electrons. The molecule has 0 bridgehead atoms. The first-order valence-corrected chi connectivity index (χ1v) is 9.12. The zero-order chi connectivity index (χ0) is 13.6. The maximum absolute atomic E-state index is 11.8. The lowest BCUT2D eigenvalue weighted by atomic mass is 9.67. The van der Waals surface area contributed by atoms with Crippen LogP contribution in [0.15, 0.2) is 0 Å². The number of nitrogens with one attached hydrogen (secondary N) is 1. The smallest absolute Gasteiger partial charge is 0.150 e. The molecule has 0 heterocycles. The van der Waals surface area contributed by atoms with Crippen molar-refractivity contribution in [2.75, 3.05) is 24.6 Å². The monoisotopic (exact) mass is 275 g/mol. The Labute approximate surface area is 113 Å². The van der Waals surface area contributed by atoms with E-state index in [1.807, 2.05) is 6.92 Å². The average molecular weight is 275 g/mol. The molecule has 0 spiro atoms. The van der Waals surface area contributed by atoms with Crippen LogP contribution in [0.3, 0.4) is 0 Å². The summed E-state index contributed by atoms with van der Waals surface area (Å²) in [6.07, 6.45) is 5.23. The highest BCUT2D eigenvalue weighted by Gasteiger charge is 2.37. The maximum Gasteiger partial charge on any atom is 0.150 e. The SMILES string of the molecule is CCCS(=O)(=O)CCC1(CNCC(C)C)CCC1. The number of hydrogen-bond donors (Lipinski definition) is 1. The average Bonchev–Trinajstić information content (AvgIpc) is 2.20. The van der Waals surface area contributed by atoms with Crippen LogP contribution in [0.2, 0.25) is 0 Å². The Morgan fingerprint density at radius 3 is 2.33 bits per heavy atom. The fraction of sp³-hybridized carbons (Fsp3) is 1.00. The van der Waals surface area contributed by atoms with Crippen LogP contribution in [0.1, 0.15) is 52.9 Å². The van der Waals surface area contributed by atoms with Crippen LogP contribution >= 0.6 is 0 Å². The minimum absolute atomic E-state index is 0.274. The molecule has 0 amide bonds. The Balaban J connectivity index is 2.36. The molecule has 0 aromatic heterocycles. The number of rotatable bonds is 9. The largest absolute Gasteiger partial charge is 0.316 e. The van der Waals surface area contributed by atoms with E-state index in [1.165, 1.54) is 19.3 Å². The zero-order valence-corrected chi connectivity index (χ0v) is 13.0. The summed E-state index contributed by atoms with van der Waals surface area (Å²) in [4.78, 5) is 0. The molecular formula is C14H29NO2S. The van der Waals surface area contributed by atoms with E-state index < -0.39 is 9.84 Å². The summed E-state index contributed by atoms with van der Waals surface area (Å²) >= 11 is 0. The summed E-state index contributed by atoms with van der Waals surface area (Å²) in [6.45, 7) is 8.36. The van der Waals surface area contributed by atoms with Gasteiger partial charge in [0.25, 0.3) is 0 Å². The second-order valence-electron chi connectivity index (χ2n) is 6.28. The zero-order valence-electron chi connectivity index (χ0n) is 12.2. The van der Waals surface area contributed by atoms with Gasteiger partial charge in [0, 0.05) is 12.3 Å². The molecule has 0 saturated heterocycles. The normalized spacial score (nSPS) is 18.9. The highest BCUT2D eigenvalue weighted by Crippen LogP contribution is 2.43. The van der Waals surface area contributed by atoms with Crippen molar-refractivity contribution in [2.45, 2.75) is 52.9 Å². The second kappa shape index (κ2) is 6.90. The Morgan fingerprint density at radius 2 is 1.89 bits per heavy atom. The van der Waals surface area contributed by atoms with Gasteiger partial charge in [-0.2, -0.15) is 0 Å². The lowest BCUT2D eigenvalue weighted by Gasteiger charge is -2.42. The number of hydrogen-bond acceptors (Lipinski definition) is 3. The minimum atomic E-state index is -2.81. The molecule has 1 N–H and O–H groups in total. The molecule has 0 aromatic rings. The third-order valence-electron chi connectivity index (χ3n) is 3.93. The van der Waals surface area contributed by atoms with E-state index >= 15 is 0 Å². The van der Waals surface area contributed by atoms with Gasteiger partial charge in [0.15, 0.2) is 0 Å². The van der Waals surface area contributed by atoms with E-state index in [4.69, 9.17) is 0 Å². The third kappa shape index (κ3) is 5.27. The molecule has 3 nitrogen and oxygen atoms in total. The van der Waals surface area contributed by atoms with Gasteiger partial charge in [0.2, 0.25) is 0 Å². The summed E-state index contributed by atoms with van der Waals surface area (Å²) in [5.74, 6) is 1.39. The lowest BCUT2D eigenvalue weighted by molar-refractivity contribution is 0.124. The lowest BCUT2D eigenvalue weighted by Crippen LogP contribution is -2.42. The summed E-state index contributed by atoms with van der Waals surface area (Å²) in [7, 11) is -2.81. The number of sulfone groups is 1. The second-order valence-corrected chi connectivity index (χ2v) is 8.58. The summed E-state index contributed by atoms with van der Waals surface area (Å²) in [5.41, 5.74) is 0.274. The highest BCUT2D eigenvalue weighted by atomic mass is 32.2. The van der Waals surface area contributed by atoms with E-state index in [-0.39, 0.29) is 5.41 Å². The van der Waals surface area contributed by atoms with Crippen molar-refractivity contribution < 1.29 is 8.42 Å². The first-order chi connectivity index (χ1) is 8.39. The molecule has 18 heavy (non-hydrogen) atoms. The minimum Gasteiger partial charge on any atom is -0.316 e. The molecule has 1 saturated carbocycles. The van der Waals surface area contributed by atoms with Crippen LogP contribution in [0.4, 0.5) is 0 Å². The van der Waals surface area contributed by atoms with Gasteiger partial charge in [-0.1, -0.05) is 27.2 Å². The van der Waals surface area contributed by atoms with Crippen LogP contribution in [-0.2, 0) is 9.84 Å². The first kappa shape index (κ1) is 16.0. The van der Waals surface area contributed by atoms with Crippen LogP contribution in [0.5, 0.6) is 0 Å². The Bertz CT molecular complexity index is 332. The third-order valence-corrected chi connectivity index (χ3v) is 5.78. The molecule has 4 heteroatoms. The van der Waals surface area contributed by atoms with Crippen molar-refractivity contribution >= 4 is 9.84 Å². The summed E-state index contributed by atoms with van der Waals surface area (Å²) < 4.78 is 23.6. The van der Waals surface area contributed by atoms with E-state index in [2.05, 4.69) is 19.2 Å². The van der Waals surface area contributed by atoms with Crippen molar-refractivity contribution in [1.29, 1.82) is 0 Å². The maximum atomic E-state index is 11.8. The summed E-state index contributed by atoms with van der Waals surface area (Å²) in [6, 6.07) is 0. The van der Waals surface area contributed by atoms with Gasteiger partial charge >= 0.3 is 0 Å². The fourth-order valence-corrected chi connectivity index (χ4v) is 4.17. The van der Waals surface area contributed by atoms with E-state index in [9.17, 15) is 8.42 Å². The van der Waals surface area contributed by atoms with Crippen molar-refractivity contribution in [3.05, 3.63) is 0 Å². The van der Waals surface area contributed by atoms with Crippen molar-refractivity contribution in [2.24, 2.45) is 11.3 Å². The van der Waals surface area contributed by atoms with Crippen LogP contribution in [-0.4, -0.2) is 33.0 Å². The molecule has 1 rings (SSSR count). The molecule has 0 aliphatic heterocycles. The molecule has 0 unspecified atom stereocenters. The molecule has 1 aliphatic carbocycles. The standard InChI is InChI=1S/C14H29NO2S/c1-4-9-18(16,17)10-8-14(6-5-7-14)12-15-11-13(2)3/h13,15H,4-12H2,1-3H3. The quantitative estimate of drug-likeness (QED) is 0.703. The fourth-order valence-electron chi connectivity index (χ4n) is 2.60. The van der Waals surface area contributed by atoms with Gasteiger partial charge in [0.05, 0.1) is 5.75 Å². The first-order valence-electron chi connectivity index (χ1n) is 7.30. The molecule has 1 aliphatic rings. The Hall–Kier alpha value is -0.0900. The van der Waals surface area contributed by atoms with Gasteiger partial charge in [-0.3, -0.25) is 0 Å². The van der Waals surface area contributed by atoms with Crippen molar-refractivity contribution in [1.82, 2.24) is 5.32 Å². The van der Waals surface area contributed by atoms with Gasteiger partial charge < -0.3 is 5.32 Å². The summed E-state index contributed by atoms with van der Waals surface area (Å²) in [5, 5.41) is 3.50. The molecule has 1 fully saturated rings. The molecule has 0 atom stereocenters. The van der Waals surface area contributed by atoms with Crippen molar-refractivity contribution in [3.63, 3.8) is 0 Å². The topological polar surface area (TPSA) is 46.2 Å². The Kier molecular flexibility index (Phi) is 6.12. The highest BCUT2D eigenvalue weighted by molar-refractivity contribution is 7.91. The molecule has 0 aromatic carbocycles. The predicted octanol–water partition coefficient (Wildman–Crippen LogP) is 2.62. The van der Waals surface area contributed by atoms with Crippen molar-refractivity contribution in [3.8, 4) is 0 Å². The van der Waals surface area contributed by atoms with Gasteiger partial charge in [0.1, 0.15) is 9.84 Å². The van der Waals surface area contributed by atoms with Crippen LogP contribution in [0.25, 0.3) is 0 Å². The Morgan fingerprint density at radius 1 is 1.22 bits per heavy atom. The van der Waals surface area contributed by atoms with E-state index in [0.29, 0.717) is 17.4 Å². The van der Waals surface area contributed by atoms with Gasteiger partial charge in [-0.25, -0.2) is 8.42 Å². The van der Waals surface area contributed by atoms with E-state index in [0.717, 1.165) is 25.9 Å². The van der Waals surface area contributed by atoms with Crippen LogP contribution < -0.4 is 5.32 Å².